The molecule has 0 saturated heterocycles. The highest BCUT2D eigenvalue weighted by Gasteiger charge is 2.28. The summed E-state index contributed by atoms with van der Waals surface area (Å²) in [5, 5.41) is 11.4. The molecule has 6 nitrogen and oxygen atoms in total. The van der Waals surface area contributed by atoms with Crippen LogP contribution in [0.2, 0.25) is 0 Å². The predicted octanol–water partition coefficient (Wildman–Crippen LogP) is 1.19. The van der Waals surface area contributed by atoms with Crippen molar-refractivity contribution in [1.29, 1.82) is 0 Å². The zero-order valence-electron chi connectivity index (χ0n) is 10.0. The monoisotopic (exact) mass is 270 g/mol. The van der Waals surface area contributed by atoms with Crippen molar-refractivity contribution >= 4 is 13.9 Å². The summed E-state index contributed by atoms with van der Waals surface area (Å²) in [4.78, 5) is 8.70. The average molecular weight is 270 g/mol. The summed E-state index contributed by atoms with van der Waals surface area (Å²) in [6.07, 6.45) is 0.244. The van der Waals surface area contributed by atoms with Gasteiger partial charge in [-0.3, -0.25) is 10.4 Å². The molecular formula is C11H15N2O4P. The molecule has 2 unspecified atom stereocenters. The lowest BCUT2D eigenvalue weighted by molar-refractivity contribution is 0.161. The van der Waals surface area contributed by atoms with E-state index in [2.05, 4.69) is 9.95 Å². The van der Waals surface area contributed by atoms with E-state index in [-0.39, 0.29) is 5.76 Å². The summed E-state index contributed by atoms with van der Waals surface area (Å²) < 4.78 is 15.3. The van der Waals surface area contributed by atoms with Gasteiger partial charge in [0, 0.05) is 0 Å². The van der Waals surface area contributed by atoms with E-state index in [0.29, 0.717) is 0 Å². The molecule has 1 aliphatic heterocycles. The first-order valence-electron chi connectivity index (χ1n) is 5.40. The SMILES string of the molecule is Cc1cc(C)cc(N2NC=C(O[PH](=O)O)C2O)c1. The molecule has 1 aromatic carbocycles. The lowest BCUT2D eigenvalue weighted by atomic mass is 10.1. The third-order valence-electron chi connectivity index (χ3n) is 2.53. The summed E-state index contributed by atoms with van der Waals surface area (Å²) in [5.74, 6) is 0.0283. The first kappa shape index (κ1) is 13.0. The molecule has 0 spiro atoms. The molecule has 1 heterocycles. The Labute approximate surface area is 105 Å². The quantitative estimate of drug-likeness (QED) is 0.716. The fraction of sp³-hybridized carbons (Fsp3) is 0.273. The maximum Gasteiger partial charge on any atom is 0.365 e. The summed E-state index contributed by atoms with van der Waals surface area (Å²) >= 11 is 0. The summed E-state index contributed by atoms with van der Waals surface area (Å²) in [7, 11) is -3.12. The summed E-state index contributed by atoms with van der Waals surface area (Å²) in [6.45, 7) is 3.91. The molecule has 1 aromatic rings. The average Bonchev–Trinajstić information content (AvgIpc) is 2.58. The number of aliphatic hydroxyl groups is 1. The number of nitrogens with zero attached hydrogens (tertiary/aromatic N) is 1. The zero-order valence-corrected chi connectivity index (χ0v) is 11.0. The first-order chi connectivity index (χ1) is 8.47. The molecule has 0 amide bonds. The largest absolute Gasteiger partial charge is 0.424 e. The minimum absolute atomic E-state index is 0.0283. The molecule has 3 N–H and O–H groups in total. The van der Waals surface area contributed by atoms with Crippen LogP contribution in [0.1, 0.15) is 11.1 Å². The number of aliphatic hydroxyl groups excluding tert-OH is 1. The van der Waals surface area contributed by atoms with E-state index in [9.17, 15) is 9.67 Å². The van der Waals surface area contributed by atoms with Crippen LogP contribution in [0.4, 0.5) is 5.69 Å². The molecule has 2 atom stereocenters. The number of rotatable bonds is 3. The normalized spacial score (nSPS) is 20.3. The molecule has 0 fully saturated rings. The number of aryl methyl sites for hydroxylation is 2. The van der Waals surface area contributed by atoms with Crippen molar-refractivity contribution in [3.63, 3.8) is 0 Å². The number of hydrogen-bond donors (Lipinski definition) is 3. The number of benzene rings is 1. The summed E-state index contributed by atoms with van der Waals surface area (Å²) in [5.41, 5.74) is 5.67. The van der Waals surface area contributed by atoms with E-state index in [1.54, 1.807) is 0 Å². The van der Waals surface area contributed by atoms with Gasteiger partial charge in [-0.1, -0.05) is 6.07 Å². The van der Waals surface area contributed by atoms with Gasteiger partial charge in [-0.25, -0.2) is 4.57 Å². The minimum atomic E-state index is -3.12. The molecule has 0 bridgehead atoms. The fourth-order valence-electron chi connectivity index (χ4n) is 1.89. The van der Waals surface area contributed by atoms with Crippen molar-refractivity contribution < 1.29 is 19.1 Å². The Bertz CT molecular complexity index is 498. The second kappa shape index (κ2) is 5.02. The van der Waals surface area contributed by atoms with Crippen LogP contribution in [-0.2, 0) is 9.09 Å². The Balaban J connectivity index is 2.20. The molecular weight excluding hydrogens is 255 g/mol. The van der Waals surface area contributed by atoms with Crippen LogP contribution in [0, 0.1) is 13.8 Å². The van der Waals surface area contributed by atoms with Crippen LogP contribution in [0.3, 0.4) is 0 Å². The number of anilines is 1. The van der Waals surface area contributed by atoms with Gasteiger partial charge in [-0.05, 0) is 37.1 Å². The van der Waals surface area contributed by atoms with Crippen LogP contribution in [0.5, 0.6) is 0 Å². The maximum absolute atomic E-state index is 10.6. The molecule has 0 aliphatic carbocycles. The molecule has 7 heteroatoms. The summed E-state index contributed by atoms with van der Waals surface area (Å²) in [6, 6.07) is 5.80. The highest BCUT2D eigenvalue weighted by atomic mass is 31.1. The molecule has 0 aromatic heterocycles. The van der Waals surface area contributed by atoms with Gasteiger partial charge in [0.15, 0.2) is 5.76 Å². The fourth-order valence-corrected chi connectivity index (χ4v) is 2.26. The number of nitrogens with one attached hydrogen (secondary N) is 1. The lowest BCUT2D eigenvalue weighted by Crippen LogP contribution is -2.38. The highest BCUT2D eigenvalue weighted by Crippen LogP contribution is 2.29. The molecule has 18 heavy (non-hydrogen) atoms. The van der Waals surface area contributed by atoms with Gasteiger partial charge in [0.2, 0.25) is 6.23 Å². The van der Waals surface area contributed by atoms with Crippen molar-refractivity contribution in [2.75, 3.05) is 5.01 Å². The Morgan fingerprint density at radius 2 is 1.94 bits per heavy atom. The Morgan fingerprint density at radius 1 is 1.33 bits per heavy atom. The maximum atomic E-state index is 10.6. The van der Waals surface area contributed by atoms with E-state index in [0.717, 1.165) is 16.8 Å². The van der Waals surface area contributed by atoms with Crippen LogP contribution in [-0.4, -0.2) is 16.2 Å². The van der Waals surface area contributed by atoms with Crippen LogP contribution in [0.15, 0.2) is 30.2 Å². The van der Waals surface area contributed by atoms with Gasteiger partial charge in [0.25, 0.3) is 0 Å². The highest BCUT2D eigenvalue weighted by molar-refractivity contribution is 7.32. The van der Waals surface area contributed by atoms with Gasteiger partial charge < -0.3 is 14.5 Å². The predicted molar refractivity (Wildman–Crippen MR) is 67.9 cm³/mol. The minimum Gasteiger partial charge on any atom is -0.424 e. The topological polar surface area (TPSA) is 82.0 Å². The van der Waals surface area contributed by atoms with Gasteiger partial charge >= 0.3 is 8.25 Å². The molecule has 0 saturated carbocycles. The Morgan fingerprint density at radius 3 is 2.50 bits per heavy atom. The van der Waals surface area contributed by atoms with Crippen molar-refractivity contribution in [2.45, 2.75) is 20.1 Å². The first-order valence-corrected chi connectivity index (χ1v) is 6.66. The van der Waals surface area contributed by atoms with E-state index >= 15 is 0 Å². The Kier molecular flexibility index (Phi) is 3.61. The van der Waals surface area contributed by atoms with Crippen LogP contribution >= 0.6 is 8.25 Å². The molecule has 0 radical (unpaired) electrons. The van der Waals surface area contributed by atoms with Gasteiger partial charge in [0.1, 0.15) is 0 Å². The van der Waals surface area contributed by atoms with E-state index in [1.165, 1.54) is 11.2 Å². The lowest BCUT2D eigenvalue weighted by Gasteiger charge is -2.24. The molecule has 2 rings (SSSR count). The van der Waals surface area contributed by atoms with Crippen molar-refractivity contribution in [3.05, 3.63) is 41.3 Å². The van der Waals surface area contributed by atoms with Crippen molar-refractivity contribution in [3.8, 4) is 0 Å². The van der Waals surface area contributed by atoms with Crippen molar-refractivity contribution in [1.82, 2.24) is 5.43 Å². The van der Waals surface area contributed by atoms with E-state index in [4.69, 9.17) is 4.89 Å². The third kappa shape index (κ3) is 2.67. The third-order valence-corrected chi connectivity index (χ3v) is 2.95. The van der Waals surface area contributed by atoms with Crippen LogP contribution < -0.4 is 10.4 Å². The second-order valence-electron chi connectivity index (χ2n) is 4.13. The smallest absolute Gasteiger partial charge is 0.365 e. The Hall–Kier alpha value is -1.49. The van der Waals surface area contributed by atoms with Crippen LogP contribution in [0.25, 0.3) is 0 Å². The van der Waals surface area contributed by atoms with Gasteiger partial charge in [-0.2, -0.15) is 0 Å². The van der Waals surface area contributed by atoms with Gasteiger partial charge in [-0.15, -0.1) is 0 Å². The second-order valence-corrected chi connectivity index (χ2v) is 4.87. The van der Waals surface area contributed by atoms with Gasteiger partial charge in [0.05, 0.1) is 11.9 Å². The van der Waals surface area contributed by atoms with E-state index in [1.807, 2.05) is 32.0 Å². The van der Waals surface area contributed by atoms with Crippen molar-refractivity contribution in [2.24, 2.45) is 0 Å². The number of hydrazine groups is 1. The van der Waals surface area contributed by atoms with E-state index < -0.39 is 14.5 Å². The zero-order chi connectivity index (χ0) is 13.3. The standard InChI is InChI=1S/C11H15N2O4P/c1-7-3-8(2)5-9(4-7)13-11(14)10(6-12-13)17-18(15)16/h3-6,11-12,14,18H,1-2H3,(H,15,16). The molecule has 98 valence electrons. The molecule has 1 aliphatic rings. The number of hydrogen-bond acceptors (Lipinski definition) is 5.